The smallest absolute Gasteiger partial charge is 0.0672 e. The molecule has 0 aliphatic heterocycles. The fourth-order valence-corrected chi connectivity index (χ4v) is 4.92. The van der Waals surface area contributed by atoms with E-state index in [1.54, 1.807) is 0 Å². The third-order valence-electron chi connectivity index (χ3n) is 3.93. The van der Waals surface area contributed by atoms with Gasteiger partial charge in [0.2, 0.25) is 0 Å². The molecule has 2 heterocycles. The van der Waals surface area contributed by atoms with Crippen molar-refractivity contribution in [3.63, 3.8) is 0 Å². The van der Waals surface area contributed by atoms with E-state index in [0.29, 0.717) is 6.04 Å². The van der Waals surface area contributed by atoms with E-state index < -0.39 is 0 Å². The van der Waals surface area contributed by atoms with Crippen LogP contribution in [0.3, 0.4) is 0 Å². The second-order valence-corrected chi connectivity index (χ2v) is 7.38. The number of rotatable bonds is 3. The van der Waals surface area contributed by atoms with Crippen LogP contribution in [0.4, 0.5) is 0 Å². The van der Waals surface area contributed by atoms with Gasteiger partial charge >= 0.3 is 0 Å². The van der Waals surface area contributed by atoms with Crippen molar-refractivity contribution >= 4 is 32.1 Å². The average molecular weight is 301 g/mol. The van der Waals surface area contributed by atoms with Crippen LogP contribution in [0.2, 0.25) is 0 Å². The third-order valence-corrected chi connectivity index (χ3v) is 6.08. The molecule has 0 bridgehead atoms. The van der Waals surface area contributed by atoms with Crippen LogP contribution >= 0.6 is 22.7 Å². The normalized spacial score (nSPS) is 13.0. The lowest BCUT2D eigenvalue weighted by Crippen LogP contribution is -2.17. The fraction of sp³-hybridized carbons (Fsp3) is 0.294. The lowest BCUT2D eigenvalue weighted by Gasteiger charge is -2.19. The Morgan fingerprint density at radius 2 is 1.70 bits per heavy atom. The SMILES string of the molecule is CNC(c1cc2sccc2s1)c1cc(C)c(C)cc1C. The Hall–Kier alpha value is -1.16. The molecule has 3 rings (SSSR count). The molecule has 0 aliphatic carbocycles. The van der Waals surface area contributed by atoms with Gasteiger partial charge in [0, 0.05) is 14.3 Å². The van der Waals surface area contributed by atoms with Gasteiger partial charge in [-0.25, -0.2) is 0 Å². The van der Waals surface area contributed by atoms with E-state index >= 15 is 0 Å². The van der Waals surface area contributed by atoms with Crippen LogP contribution in [0.15, 0.2) is 29.6 Å². The first-order chi connectivity index (χ1) is 9.60. The van der Waals surface area contributed by atoms with E-state index in [1.165, 1.54) is 36.5 Å². The lowest BCUT2D eigenvalue weighted by atomic mass is 9.95. The monoisotopic (exact) mass is 301 g/mol. The Morgan fingerprint density at radius 3 is 2.40 bits per heavy atom. The van der Waals surface area contributed by atoms with Crippen molar-refractivity contribution in [3.8, 4) is 0 Å². The molecular weight excluding hydrogens is 282 g/mol. The third kappa shape index (κ3) is 2.30. The highest BCUT2D eigenvalue weighted by Crippen LogP contribution is 2.37. The van der Waals surface area contributed by atoms with Crippen molar-refractivity contribution in [2.45, 2.75) is 26.8 Å². The van der Waals surface area contributed by atoms with E-state index in [2.05, 4.69) is 55.7 Å². The molecule has 104 valence electrons. The molecule has 0 radical (unpaired) electrons. The summed E-state index contributed by atoms with van der Waals surface area (Å²) in [7, 11) is 2.05. The minimum atomic E-state index is 0.291. The minimum absolute atomic E-state index is 0.291. The molecule has 1 atom stereocenters. The molecule has 3 heteroatoms. The van der Waals surface area contributed by atoms with E-state index in [9.17, 15) is 0 Å². The topological polar surface area (TPSA) is 12.0 Å². The van der Waals surface area contributed by atoms with Crippen LogP contribution in [0, 0.1) is 20.8 Å². The van der Waals surface area contributed by atoms with Crippen LogP contribution < -0.4 is 5.32 Å². The molecule has 20 heavy (non-hydrogen) atoms. The first-order valence-corrected chi connectivity index (χ1v) is 8.51. The van der Waals surface area contributed by atoms with Crippen LogP contribution in [0.5, 0.6) is 0 Å². The van der Waals surface area contributed by atoms with Crippen LogP contribution in [0.25, 0.3) is 9.40 Å². The van der Waals surface area contributed by atoms with E-state index in [1.807, 2.05) is 29.7 Å². The maximum absolute atomic E-state index is 3.49. The van der Waals surface area contributed by atoms with Gasteiger partial charge in [0.1, 0.15) is 0 Å². The molecule has 0 saturated heterocycles. The molecule has 1 unspecified atom stereocenters. The number of hydrogen-bond donors (Lipinski definition) is 1. The molecule has 0 saturated carbocycles. The van der Waals surface area contributed by atoms with Gasteiger partial charge in [-0.2, -0.15) is 0 Å². The molecule has 1 nitrogen and oxygen atoms in total. The molecule has 0 amide bonds. The summed E-state index contributed by atoms with van der Waals surface area (Å²) in [6, 6.07) is 9.47. The van der Waals surface area contributed by atoms with Gasteiger partial charge in [-0.1, -0.05) is 12.1 Å². The predicted octanol–water partition coefficient (Wildman–Crippen LogP) is 5.20. The summed E-state index contributed by atoms with van der Waals surface area (Å²) < 4.78 is 2.79. The van der Waals surface area contributed by atoms with Gasteiger partial charge in [-0.15, -0.1) is 22.7 Å². The zero-order valence-corrected chi connectivity index (χ0v) is 13.9. The van der Waals surface area contributed by atoms with Crippen LogP contribution in [0.1, 0.15) is 33.2 Å². The van der Waals surface area contributed by atoms with Gasteiger partial charge in [0.25, 0.3) is 0 Å². The summed E-state index contributed by atoms with van der Waals surface area (Å²) in [5, 5.41) is 5.66. The molecule has 0 spiro atoms. The molecule has 1 N–H and O–H groups in total. The summed E-state index contributed by atoms with van der Waals surface area (Å²) in [4.78, 5) is 1.40. The highest BCUT2D eigenvalue weighted by molar-refractivity contribution is 7.27. The summed E-state index contributed by atoms with van der Waals surface area (Å²) in [6.07, 6.45) is 0. The first kappa shape index (κ1) is 13.8. The second-order valence-electron chi connectivity index (χ2n) is 5.31. The molecular formula is C17H19NS2. The van der Waals surface area contributed by atoms with Gasteiger partial charge in [-0.05, 0) is 67.6 Å². The Balaban J connectivity index is 2.09. The van der Waals surface area contributed by atoms with Crippen LogP contribution in [-0.2, 0) is 0 Å². The van der Waals surface area contributed by atoms with E-state index in [0.717, 1.165) is 0 Å². The molecule has 0 fully saturated rings. The summed E-state index contributed by atoms with van der Waals surface area (Å²) >= 11 is 3.72. The molecule has 2 aromatic heterocycles. The fourth-order valence-electron chi connectivity index (χ4n) is 2.67. The Bertz CT molecular complexity index is 723. The van der Waals surface area contributed by atoms with E-state index in [4.69, 9.17) is 0 Å². The molecule has 1 aromatic carbocycles. The number of benzene rings is 1. The second kappa shape index (κ2) is 5.32. The number of aryl methyl sites for hydroxylation is 3. The van der Waals surface area contributed by atoms with Crippen molar-refractivity contribution in [3.05, 3.63) is 56.8 Å². The highest BCUT2D eigenvalue weighted by Gasteiger charge is 2.18. The predicted molar refractivity (Wildman–Crippen MR) is 91.3 cm³/mol. The Morgan fingerprint density at radius 1 is 0.950 bits per heavy atom. The first-order valence-electron chi connectivity index (χ1n) is 6.82. The quantitative estimate of drug-likeness (QED) is 0.701. The summed E-state index contributed by atoms with van der Waals surface area (Å²) in [5.74, 6) is 0. The standard InChI is InChI=1S/C17H19NS2/c1-10-7-12(3)13(8-11(10)2)17(18-4)16-9-15-14(20-16)5-6-19-15/h5-9,17-18H,1-4H3. The zero-order valence-electron chi connectivity index (χ0n) is 12.3. The van der Waals surface area contributed by atoms with Crippen molar-refractivity contribution in [1.29, 1.82) is 0 Å². The van der Waals surface area contributed by atoms with Crippen LogP contribution in [-0.4, -0.2) is 7.05 Å². The number of hydrogen-bond acceptors (Lipinski definition) is 3. The molecule has 3 aromatic rings. The highest BCUT2D eigenvalue weighted by atomic mass is 32.1. The maximum atomic E-state index is 3.49. The van der Waals surface area contributed by atoms with Gasteiger partial charge in [0.15, 0.2) is 0 Å². The van der Waals surface area contributed by atoms with Crippen molar-refractivity contribution in [2.24, 2.45) is 0 Å². The summed E-state index contributed by atoms with van der Waals surface area (Å²) in [5.41, 5.74) is 5.49. The van der Waals surface area contributed by atoms with Gasteiger partial charge in [0.05, 0.1) is 6.04 Å². The largest absolute Gasteiger partial charge is 0.309 e. The Kier molecular flexibility index (Phi) is 3.67. The average Bonchev–Trinajstić information content (AvgIpc) is 2.97. The van der Waals surface area contributed by atoms with E-state index in [-0.39, 0.29) is 0 Å². The van der Waals surface area contributed by atoms with Crippen molar-refractivity contribution in [1.82, 2.24) is 5.32 Å². The van der Waals surface area contributed by atoms with Gasteiger partial charge in [-0.3, -0.25) is 0 Å². The number of thiophene rings is 2. The maximum Gasteiger partial charge on any atom is 0.0672 e. The summed E-state index contributed by atoms with van der Waals surface area (Å²) in [6.45, 7) is 6.58. The number of fused-ring (bicyclic) bond motifs is 1. The lowest BCUT2D eigenvalue weighted by molar-refractivity contribution is 0.699. The minimum Gasteiger partial charge on any atom is -0.309 e. The van der Waals surface area contributed by atoms with Gasteiger partial charge < -0.3 is 5.32 Å². The zero-order chi connectivity index (χ0) is 14.3. The Labute approximate surface area is 128 Å². The molecule has 0 aliphatic rings. The number of nitrogens with one attached hydrogen (secondary N) is 1. The van der Waals surface area contributed by atoms with Crippen molar-refractivity contribution < 1.29 is 0 Å². The van der Waals surface area contributed by atoms with Crippen molar-refractivity contribution in [2.75, 3.05) is 7.05 Å².